The predicted molar refractivity (Wildman–Crippen MR) is 65.9 cm³/mol. The molecule has 1 aliphatic carbocycles. The van der Waals surface area contributed by atoms with E-state index in [9.17, 15) is 4.79 Å². The summed E-state index contributed by atoms with van der Waals surface area (Å²) < 4.78 is 7.53. The van der Waals surface area contributed by atoms with Crippen molar-refractivity contribution in [3.63, 3.8) is 0 Å². The van der Waals surface area contributed by atoms with E-state index in [2.05, 4.69) is 26.2 Å². The van der Waals surface area contributed by atoms with Gasteiger partial charge in [0.15, 0.2) is 4.60 Å². The molecule has 1 heterocycles. The van der Waals surface area contributed by atoms with Gasteiger partial charge in [0.05, 0.1) is 0 Å². The minimum atomic E-state index is -0.684. The van der Waals surface area contributed by atoms with Gasteiger partial charge in [-0.05, 0) is 28.8 Å². The number of hydrogen-bond donors (Lipinski definition) is 0. The quantitative estimate of drug-likeness (QED) is 0.802. The Morgan fingerprint density at radius 2 is 2.06 bits per heavy atom. The predicted octanol–water partition coefficient (Wildman–Crippen LogP) is 2.11. The second-order valence-corrected chi connectivity index (χ2v) is 5.19. The van der Waals surface area contributed by atoms with Crippen LogP contribution in [0.5, 0.6) is 0 Å². The number of halogens is 1. The first-order valence-electron chi connectivity index (χ1n) is 5.76. The Morgan fingerprint density at radius 1 is 1.41 bits per heavy atom. The van der Waals surface area contributed by atoms with Gasteiger partial charge in [0, 0.05) is 14.2 Å². The lowest BCUT2D eigenvalue weighted by Crippen LogP contribution is -2.43. The maximum atomic E-state index is 12.6. The molecule has 1 aromatic heterocycles. The summed E-state index contributed by atoms with van der Waals surface area (Å²) in [7, 11) is 3.33. The van der Waals surface area contributed by atoms with Gasteiger partial charge in [-0.1, -0.05) is 24.5 Å². The molecule has 1 aromatic rings. The van der Waals surface area contributed by atoms with Crippen molar-refractivity contribution in [2.75, 3.05) is 7.11 Å². The van der Waals surface area contributed by atoms with Gasteiger partial charge in [-0.25, -0.2) is 4.68 Å². The minimum Gasteiger partial charge on any atom is -0.370 e. The summed E-state index contributed by atoms with van der Waals surface area (Å²) in [6, 6.07) is 0. The first-order chi connectivity index (χ1) is 8.10. The van der Waals surface area contributed by atoms with Crippen LogP contribution in [0.2, 0.25) is 0 Å². The number of carbonyl (C=O) groups excluding carboxylic acids is 1. The van der Waals surface area contributed by atoms with Crippen LogP contribution in [-0.4, -0.2) is 33.5 Å². The van der Waals surface area contributed by atoms with E-state index >= 15 is 0 Å². The Labute approximate surface area is 109 Å². The maximum Gasteiger partial charge on any atom is 0.215 e. The molecule has 0 amide bonds. The van der Waals surface area contributed by atoms with E-state index in [-0.39, 0.29) is 5.78 Å². The minimum absolute atomic E-state index is 0.0147. The lowest BCUT2D eigenvalue weighted by Gasteiger charge is -2.34. The zero-order valence-corrected chi connectivity index (χ0v) is 11.7. The smallest absolute Gasteiger partial charge is 0.215 e. The Kier molecular flexibility index (Phi) is 3.63. The molecule has 0 atom stereocenters. The summed E-state index contributed by atoms with van der Waals surface area (Å²) in [6.07, 6.45) is 4.79. The van der Waals surface area contributed by atoms with Gasteiger partial charge < -0.3 is 4.74 Å². The summed E-state index contributed by atoms with van der Waals surface area (Å²) in [6.45, 7) is 0. The highest BCUT2D eigenvalue weighted by Gasteiger charge is 2.42. The first-order valence-corrected chi connectivity index (χ1v) is 6.55. The number of ether oxygens (including phenoxy) is 1. The molecule has 2 rings (SSSR count). The maximum absolute atomic E-state index is 12.6. The summed E-state index contributed by atoms with van der Waals surface area (Å²) in [5.74, 6) is -0.0147. The number of carbonyl (C=O) groups is 1. The Bertz CT molecular complexity index is 405. The number of Topliss-reactive ketones (excluding diaryl/α,β-unsaturated/α-hetero) is 1. The van der Waals surface area contributed by atoms with E-state index in [0.29, 0.717) is 10.3 Å². The molecular weight excluding hydrogens is 286 g/mol. The fraction of sp³-hybridized carbons (Fsp3) is 0.727. The lowest BCUT2D eigenvalue weighted by atomic mass is 9.80. The fourth-order valence-electron chi connectivity index (χ4n) is 2.44. The number of ketones is 1. The number of aryl methyl sites for hydroxylation is 1. The lowest BCUT2D eigenvalue weighted by molar-refractivity contribution is -0.0201. The topological polar surface area (TPSA) is 57.0 Å². The fourth-order valence-corrected chi connectivity index (χ4v) is 2.94. The normalized spacial score (nSPS) is 19.2. The average molecular weight is 302 g/mol. The van der Waals surface area contributed by atoms with Crippen molar-refractivity contribution in [2.45, 2.75) is 37.7 Å². The van der Waals surface area contributed by atoms with Crippen LogP contribution in [0.25, 0.3) is 0 Å². The van der Waals surface area contributed by atoms with Crippen molar-refractivity contribution in [1.29, 1.82) is 0 Å². The van der Waals surface area contributed by atoms with Crippen LogP contribution in [0.3, 0.4) is 0 Å². The van der Waals surface area contributed by atoms with Gasteiger partial charge in [0.25, 0.3) is 0 Å². The molecule has 1 fully saturated rings. The van der Waals surface area contributed by atoms with Crippen LogP contribution in [0, 0.1) is 0 Å². The highest BCUT2D eigenvalue weighted by Crippen LogP contribution is 2.35. The summed E-state index contributed by atoms with van der Waals surface area (Å²) in [5.41, 5.74) is -0.190. The molecule has 0 saturated heterocycles. The van der Waals surface area contributed by atoms with E-state index in [0.717, 1.165) is 25.7 Å². The monoisotopic (exact) mass is 301 g/mol. The van der Waals surface area contributed by atoms with Gasteiger partial charge in [0.2, 0.25) is 5.78 Å². The number of nitrogens with zero attached hydrogens (tertiary/aromatic N) is 3. The van der Waals surface area contributed by atoms with E-state index in [1.807, 2.05) is 0 Å². The third kappa shape index (κ3) is 2.15. The van der Waals surface area contributed by atoms with E-state index < -0.39 is 5.60 Å². The molecule has 1 aliphatic rings. The second kappa shape index (κ2) is 4.86. The number of aromatic nitrogens is 3. The molecule has 94 valence electrons. The van der Waals surface area contributed by atoms with Gasteiger partial charge in [-0.3, -0.25) is 4.79 Å². The molecule has 6 heteroatoms. The highest BCUT2D eigenvalue weighted by molar-refractivity contribution is 9.10. The van der Waals surface area contributed by atoms with Crippen LogP contribution in [0.4, 0.5) is 0 Å². The molecule has 0 radical (unpaired) electrons. The van der Waals surface area contributed by atoms with Crippen molar-refractivity contribution in [3.8, 4) is 0 Å². The number of rotatable bonds is 3. The van der Waals surface area contributed by atoms with Gasteiger partial charge in [-0.15, -0.1) is 5.10 Å². The second-order valence-electron chi connectivity index (χ2n) is 4.44. The average Bonchev–Trinajstić information content (AvgIpc) is 2.69. The summed E-state index contributed by atoms with van der Waals surface area (Å²) in [4.78, 5) is 12.6. The molecule has 0 aliphatic heterocycles. The molecule has 0 unspecified atom stereocenters. The Hall–Kier alpha value is -0.750. The molecule has 0 N–H and O–H groups in total. The van der Waals surface area contributed by atoms with Crippen LogP contribution in [0.15, 0.2) is 4.60 Å². The van der Waals surface area contributed by atoms with Crippen molar-refractivity contribution >= 4 is 21.7 Å². The third-order valence-electron chi connectivity index (χ3n) is 3.47. The molecule has 5 nitrogen and oxygen atoms in total. The Balaban J connectivity index is 2.35. The molecule has 17 heavy (non-hydrogen) atoms. The van der Waals surface area contributed by atoms with Crippen molar-refractivity contribution in [1.82, 2.24) is 15.0 Å². The molecule has 0 spiro atoms. The van der Waals surface area contributed by atoms with Crippen molar-refractivity contribution in [2.24, 2.45) is 7.05 Å². The van der Waals surface area contributed by atoms with Crippen molar-refractivity contribution in [3.05, 3.63) is 10.3 Å². The van der Waals surface area contributed by atoms with Gasteiger partial charge >= 0.3 is 0 Å². The largest absolute Gasteiger partial charge is 0.370 e. The van der Waals surface area contributed by atoms with Gasteiger partial charge in [0.1, 0.15) is 11.3 Å². The summed E-state index contributed by atoms with van der Waals surface area (Å²) in [5, 5.41) is 7.69. The summed E-state index contributed by atoms with van der Waals surface area (Å²) >= 11 is 3.27. The standard InChI is InChI=1S/C11H16BrN3O2/c1-15-8(10(12)13-14-15)9(16)11(17-2)6-4-3-5-7-11/h3-7H2,1-2H3. The van der Waals surface area contributed by atoms with Crippen molar-refractivity contribution < 1.29 is 9.53 Å². The Morgan fingerprint density at radius 3 is 2.53 bits per heavy atom. The van der Waals surface area contributed by atoms with Crippen LogP contribution >= 0.6 is 15.9 Å². The molecule has 1 saturated carbocycles. The van der Waals surface area contributed by atoms with Crippen LogP contribution in [-0.2, 0) is 11.8 Å². The van der Waals surface area contributed by atoms with Gasteiger partial charge in [-0.2, -0.15) is 0 Å². The first kappa shape index (κ1) is 12.7. The molecule has 0 aromatic carbocycles. The molecular formula is C11H16BrN3O2. The zero-order valence-electron chi connectivity index (χ0n) is 10.1. The van der Waals surface area contributed by atoms with E-state index in [1.54, 1.807) is 14.2 Å². The van der Waals surface area contributed by atoms with Crippen LogP contribution < -0.4 is 0 Å². The SMILES string of the molecule is COC1(C(=O)c2c(Br)nnn2C)CCCCC1. The highest BCUT2D eigenvalue weighted by atomic mass is 79.9. The zero-order chi connectivity index (χ0) is 12.5. The third-order valence-corrected chi connectivity index (χ3v) is 4.00. The van der Waals surface area contributed by atoms with Crippen LogP contribution in [0.1, 0.15) is 42.6 Å². The molecule has 0 bridgehead atoms. The number of hydrogen-bond acceptors (Lipinski definition) is 4. The van der Waals surface area contributed by atoms with E-state index in [1.165, 1.54) is 11.1 Å². The van der Waals surface area contributed by atoms with E-state index in [4.69, 9.17) is 4.74 Å². The number of methoxy groups -OCH3 is 1.